The molecule has 3 amide bonds. The topological polar surface area (TPSA) is 79.7 Å². The molecular formula is C18H29N5O3. The summed E-state index contributed by atoms with van der Waals surface area (Å²) in [6.07, 6.45) is 4.84. The fraction of sp³-hybridized carbons (Fsp3) is 0.722. The van der Waals surface area contributed by atoms with Crippen molar-refractivity contribution in [1.82, 2.24) is 20.0 Å². The van der Waals surface area contributed by atoms with E-state index in [0.29, 0.717) is 13.0 Å². The van der Waals surface area contributed by atoms with E-state index in [2.05, 4.69) is 31.2 Å². The minimum atomic E-state index is -0.498. The third-order valence-corrected chi connectivity index (χ3v) is 6.52. The van der Waals surface area contributed by atoms with Gasteiger partial charge in [0.25, 0.3) is 0 Å². The Labute approximate surface area is 154 Å². The molecule has 3 rings (SSSR count). The molecule has 2 heterocycles. The number of amides is 3. The van der Waals surface area contributed by atoms with Gasteiger partial charge in [-0.3, -0.25) is 9.48 Å². The van der Waals surface area contributed by atoms with Crippen LogP contribution >= 0.6 is 0 Å². The van der Waals surface area contributed by atoms with Gasteiger partial charge >= 0.3 is 6.03 Å². The van der Waals surface area contributed by atoms with Crippen LogP contribution in [0.1, 0.15) is 33.6 Å². The molecule has 1 saturated heterocycles. The number of aromatic nitrogens is 2. The van der Waals surface area contributed by atoms with Gasteiger partial charge in [0, 0.05) is 45.4 Å². The molecule has 1 aromatic heterocycles. The molecule has 1 N–H and O–H groups in total. The standard InChI is InChI=1S/C18H29N5O3/c1-17(2)14(9-18(17,3)26-6)22(5)16(25)20-13-7-8-23(15(13)24)12-10-19-21(4)11-12/h10-11,13-14H,7-9H2,1-6H3,(H,20,25). The maximum Gasteiger partial charge on any atom is 0.318 e. The molecule has 0 radical (unpaired) electrons. The summed E-state index contributed by atoms with van der Waals surface area (Å²) in [5, 5.41) is 7.00. The van der Waals surface area contributed by atoms with Gasteiger partial charge in [0.05, 0.1) is 17.5 Å². The lowest BCUT2D eigenvalue weighted by Gasteiger charge is -2.61. The fourth-order valence-corrected chi connectivity index (χ4v) is 4.09. The molecule has 1 aromatic rings. The van der Waals surface area contributed by atoms with Gasteiger partial charge in [-0.2, -0.15) is 5.10 Å². The average molecular weight is 363 g/mol. The van der Waals surface area contributed by atoms with Crippen molar-refractivity contribution in [3.05, 3.63) is 12.4 Å². The number of methoxy groups -OCH3 is 1. The molecular weight excluding hydrogens is 334 g/mol. The lowest BCUT2D eigenvalue weighted by molar-refractivity contribution is -0.198. The van der Waals surface area contributed by atoms with Crippen LogP contribution in [-0.2, 0) is 16.6 Å². The van der Waals surface area contributed by atoms with Crippen LogP contribution in [0.25, 0.3) is 0 Å². The normalized spacial score (nSPS) is 30.2. The van der Waals surface area contributed by atoms with E-state index in [-0.39, 0.29) is 29.0 Å². The van der Waals surface area contributed by atoms with Crippen molar-refractivity contribution in [2.24, 2.45) is 12.5 Å². The molecule has 1 saturated carbocycles. The molecule has 1 aliphatic heterocycles. The van der Waals surface area contributed by atoms with Crippen molar-refractivity contribution >= 4 is 17.6 Å². The Morgan fingerprint density at radius 2 is 2.12 bits per heavy atom. The summed E-state index contributed by atoms with van der Waals surface area (Å²) in [5.41, 5.74) is 0.362. The van der Waals surface area contributed by atoms with Gasteiger partial charge in [0.2, 0.25) is 5.91 Å². The number of anilines is 1. The summed E-state index contributed by atoms with van der Waals surface area (Å²) in [5.74, 6) is -0.0886. The quantitative estimate of drug-likeness (QED) is 0.876. The molecule has 8 nitrogen and oxygen atoms in total. The number of rotatable bonds is 4. The van der Waals surface area contributed by atoms with Gasteiger partial charge < -0.3 is 19.9 Å². The molecule has 8 heteroatoms. The first-order chi connectivity index (χ1) is 12.1. The minimum absolute atomic E-state index is 0.0679. The van der Waals surface area contributed by atoms with E-state index >= 15 is 0 Å². The van der Waals surface area contributed by atoms with Crippen LogP contribution in [0.4, 0.5) is 10.5 Å². The van der Waals surface area contributed by atoms with Crippen LogP contribution in [0.3, 0.4) is 0 Å². The number of nitrogens with one attached hydrogen (secondary N) is 1. The van der Waals surface area contributed by atoms with Gasteiger partial charge in [0.15, 0.2) is 0 Å². The SMILES string of the molecule is COC1(C)CC(N(C)C(=O)NC2CCN(c3cnn(C)c3)C2=O)C1(C)C. The second kappa shape index (κ2) is 6.26. The molecule has 0 bridgehead atoms. The van der Waals surface area contributed by atoms with Crippen LogP contribution < -0.4 is 10.2 Å². The number of urea groups is 1. The summed E-state index contributed by atoms with van der Waals surface area (Å²) in [7, 11) is 5.31. The van der Waals surface area contributed by atoms with E-state index < -0.39 is 6.04 Å². The Kier molecular flexibility index (Phi) is 4.50. The Morgan fingerprint density at radius 1 is 1.42 bits per heavy atom. The maximum absolute atomic E-state index is 12.7. The second-order valence-electron chi connectivity index (χ2n) is 8.14. The zero-order valence-corrected chi connectivity index (χ0v) is 16.4. The first-order valence-electron chi connectivity index (χ1n) is 8.99. The van der Waals surface area contributed by atoms with Crippen LogP contribution in [0, 0.1) is 5.41 Å². The third-order valence-electron chi connectivity index (χ3n) is 6.52. The fourth-order valence-electron chi connectivity index (χ4n) is 4.09. The number of carbonyl (C=O) groups is 2. The zero-order valence-electron chi connectivity index (χ0n) is 16.4. The van der Waals surface area contributed by atoms with Gasteiger partial charge in [-0.25, -0.2) is 4.79 Å². The van der Waals surface area contributed by atoms with Crippen molar-refractivity contribution in [2.75, 3.05) is 25.6 Å². The summed E-state index contributed by atoms with van der Waals surface area (Å²) >= 11 is 0. The second-order valence-corrected chi connectivity index (χ2v) is 8.14. The highest BCUT2D eigenvalue weighted by Gasteiger charge is 2.60. The van der Waals surface area contributed by atoms with Gasteiger partial charge in [-0.15, -0.1) is 0 Å². The van der Waals surface area contributed by atoms with Crippen molar-refractivity contribution < 1.29 is 14.3 Å². The van der Waals surface area contributed by atoms with Gasteiger partial charge in [-0.1, -0.05) is 13.8 Å². The predicted octanol–water partition coefficient (Wildman–Crippen LogP) is 1.37. The maximum atomic E-state index is 12.7. The highest BCUT2D eigenvalue weighted by Crippen LogP contribution is 2.53. The number of carbonyl (C=O) groups excluding carboxylic acids is 2. The number of hydrogen-bond donors (Lipinski definition) is 1. The lowest BCUT2D eigenvalue weighted by atomic mass is 9.55. The highest BCUT2D eigenvalue weighted by molar-refractivity contribution is 6.01. The first kappa shape index (κ1) is 18.7. The molecule has 2 fully saturated rings. The van der Waals surface area contributed by atoms with Crippen molar-refractivity contribution in [3.63, 3.8) is 0 Å². The Balaban J connectivity index is 1.61. The average Bonchev–Trinajstić information content (AvgIpc) is 3.17. The molecule has 144 valence electrons. The lowest BCUT2D eigenvalue weighted by Crippen LogP contribution is -2.69. The van der Waals surface area contributed by atoms with Crippen molar-refractivity contribution in [1.29, 1.82) is 0 Å². The van der Waals surface area contributed by atoms with Crippen molar-refractivity contribution in [3.8, 4) is 0 Å². The molecule has 0 spiro atoms. The van der Waals surface area contributed by atoms with Gasteiger partial charge in [-0.05, 0) is 19.8 Å². The predicted molar refractivity (Wildman–Crippen MR) is 97.9 cm³/mol. The smallest absolute Gasteiger partial charge is 0.318 e. The molecule has 3 atom stereocenters. The highest BCUT2D eigenvalue weighted by atomic mass is 16.5. The number of nitrogens with zero attached hydrogens (tertiary/aromatic N) is 4. The minimum Gasteiger partial charge on any atom is -0.378 e. The summed E-state index contributed by atoms with van der Waals surface area (Å²) in [6, 6.07) is -0.645. The molecule has 26 heavy (non-hydrogen) atoms. The van der Waals surface area contributed by atoms with Crippen molar-refractivity contribution in [2.45, 2.75) is 51.3 Å². The van der Waals surface area contributed by atoms with Crippen LogP contribution in [0.15, 0.2) is 12.4 Å². The molecule has 0 aromatic carbocycles. The molecule has 1 aliphatic carbocycles. The zero-order chi connectivity index (χ0) is 19.3. The number of aryl methyl sites for hydroxylation is 1. The largest absolute Gasteiger partial charge is 0.378 e. The number of hydrogen-bond acceptors (Lipinski definition) is 4. The first-order valence-corrected chi connectivity index (χ1v) is 8.99. The third kappa shape index (κ3) is 2.76. The van der Waals surface area contributed by atoms with E-state index in [0.717, 1.165) is 12.1 Å². The molecule has 3 unspecified atom stereocenters. The Bertz CT molecular complexity index is 715. The van der Waals surface area contributed by atoms with E-state index in [4.69, 9.17) is 4.74 Å². The van der Waals surface area contributed by atoms with E-state index in [1.807, 2.05) is 7.05 Å². The van der Waals surface area contributed by atoms with E-state index in [1.54, 1.807) is 41.0 Å². The van der Waals surface area contributed by atoms with E-state index in [9.17, 15) is 9.59 Å². The van der Waals surface area contributed by atoms with Gasteiger partial charge in [0.1, 0.15) is 6.04 Å². The Morgan fingerprint density at radius 3 is 2.65 bits per heavy atom. The summed E-state index contributed by atoms with van der Waals surface area (Å²) < 4.78 is 7.30. The number of ether oxygens (including phenoxy) is 1. The van der Waals surface area contributed by atoms with E-state index in [1.165, 1.54) is 0 Å². The monoisotopic (exact) mass is 363 g/mol. The van der Waals surface area contributed by atoms with Crippen LogP contribution in [0.5, 0.6) is 0 Å². The summed E-state index contributed by atoms with van der Waals surface area (Å²) in [4.78, 5) is 28.7. The Hall–Kier alpha value is -2.09. The summed E-state index contributed by atoms with van der Waals surface area (Å²) in [6.45, 7) is 6.87. The van der Waals surface area contributed by atoms with Crippen LogP contribution in [0.2, 0.25) is 0 Å². The van der Waals surface area contributed by atoms with Crippen LogP contribution in [-0.4, -0.2) is 65.0 Å². The molecule has 2 aliphatic rings.